The molecule has 0 aliphatic carbocycles. The van der Waals surface area contributed by atoms with Crippen molar-refractivity contribution in [2.75, 3.05) is 0 Å². The quantitative estimate of drug-likeness (QED) is 0.121. The predicted molar refractivity (Wildman–Crippen MR) is 170 cm³/mol. The van der Waals surface area contributed by atoms with Gasteiger partial charge in [0, 0.05) is 18.5 Å². The standard InChI is InChI=1S/C32H54N6O6/c1-8-20(7)28(31(42)38-27(19(5)6)32(43)44)37-26(39)17-22(33)25(16-21-13-11-10-12-14-21)36-30(41)24(9-2)35-29(40)23(34)15-18(3)4/h10-14,18-20,22-25,27-28H,8-9,15-17,33-34H2,1-7H3,(H,35,40)(H,36,41)(H,37,39)(H,38,42)(H,43,44)/t20-,22-,23?,24?,25-,27?,28-/m0/s1. The number of nitrogens with two attached hydrogens (primary N) is 2. The maximum absolute atomic E-state index is 13.3. The number of benzene rings is 1. The van der Waals surface area contributed by atoms with Crippen LogP contribution in [0, 0.1) is 17.8 Å². The zero-order chi connectivity index (χ0) is 33.6. The molecule has 44 heavy (non-hydrogen) atoms. The summed E-state index contributed by atoms with van der Waals surface area (Å²) in [6.07, 6.45) is 1.46. The summed E-state index contributed by atoms with van der Waals surface area (Å²) in [5, 5.41) is 20.4. The Hall–Kier alpha value is -3.51. The number of hydrogen-bond acceptors (Lipinski definition) is 7. The van der Waals surface area contributed by atoms with E-state index in [-0.39, 0.29) is 24.2 Å². The highest BCUT2D eigenvalue weighted by Crippen LogP contribution is 2.13. The highest BCUT2D eigenvalue weighted by molar-refractivity contribution is 5.91. The lowest BCUT2D eigenvalue weighted by atomic mass is 9.94. The maximum Gasteiger partial charge on any atom is 0.326 e. The van der Waals surface area contributed by atoms with Gasteiger partial charge >= 0.3 is 5.97 Å². The summed E-state index contributed by atoms with van der Waals surface area (Å²) in [6, 6.07) is 4.14. The van der Waals surface area contributed by atoms with Crippen LogP contribution in [0.5, 0.6) is 0 Å². The fourth-order valence-electron chi connectivity index (χ4n) is 4.75. The second kappa shape index (κ2) is 19.0. The van der Waals surface area contributed by atoms with E-state index in [1.807, 2.05) is 51.1 Å². The van der Waals surface area contributed by atoms with Gasteiger partial charge in [0.25, 0.3) is 0 Å². The molecule has 7 atom stereocenters. The van der Waals surface area contributed by atoms with E-state index in [1.54, 1.807) is 27.7 Å². The summed E-state index contributed by atoms with van der Waals surface area (Å²) in [5.74, 6) is -3.55. The van der Waals surface area contributed by atoms with Gasteiger partial charge in [0.1, 0.15) is 18.1 Å². The van der Waals surface area contributed by atoms with Crippen LogP contribution in [0.25, 0.3) is 0 Å². The first-order chi connectivity index (χ1) is 20.6. The van der Waals surface area contributed by atoms with Crippen molar-refractivity contribution in [1.82, 2.24) is 21.3 Å². The minimum atomic E-state index is -1.16. The lowest BCUT2D eigenvalue weighted by molar-refractivity contribution is -0.143. The number of carbonyl (C=O) groups excluding carboxylic acids is 4. The third-order valence-electron chi connectivity index (χ3n) is 7.71. The van der Waals surface area contributed by atoms with Crippen LogP contribution in [0.1, 0.15) is 79.7 Å². The van der Waals surface area contributed by atoms with Crippen LogP contribution in [0.2, 0.25) is 0 Å². The van der Waals surface area contributed by atoms with E-state index in [2.05, 4.69) is 21.3 Å². The predicted octanol–water partition coefficient (Wildman–Crippen LogP) is 1.46. The first-order valence-electron chi connectivity index (χ1n) is 15.6. The molecule has 248 valence electrons. The number of aliphatic carboxylic acids is 1. The van der Waals surface area contributed by atoms with Crippen LogP contribution in [0.4, 0.5) is 0 Å². The Morgan fingerprint density at radius 1 is 0.773 bits per heavy atom. The largest absolute Gasteiger partial charge is 0.480 e. The Balaban J connectivity index is 3.09. The highest BCUT2D eigenvalue weighted by Gasteiger charge is 2.33. The van der Waals surface area contributed by atoms with E-state index in [4.69, 9.17) is 11.5 Å². The molecule has 0 heterocycles. The molecule has 0 aromatic heterocycles. The molecule has 0 fully saturated rings. The fraction of sp³-hybridized carbons (Fsp3) is 0.656. The van der Waals surface area contributed by atoms with Crippen molar-refractivity contribution in [1.29, 1.82) is 0 Å². The Morgan fingerprint density at radius 3 is 1.89 bits per heavy atom. The van der Waals surface area contributed by atoms with E-state index in [0.29, 0.717) is 25.7 Å². The van der Waals surface area contributed by atoms with Gasteiger partial charge in [0.05, 0.1) is 6.04 Å². The molecule has 0 aliphatic heterocycles. The molecule has 0 radical (unpaired) electrons. The zero-order valence-corrected chi connectivity index (χ0v) is 27.3. The summed E-state index contributed by atoms with van der Waals surface area (Å²) in [4.78, 5) is 63.9. The molecule has 9 N–H and O–H groups in total. The van der Waals surface area contributed by atoms with Crippen molar-refractivity contribution in [2.24, 2.45) is 29.2 Å². The highest BCUT2D eigenvalue weighted by atomic mass is 16.4. The van der Waals surface area contributed by atoms with Crippen molar-refractivity contribution >= 4 is 29.6 Å². The second-order valence-corrected chi connectivity index (χ2v) is 12.4. The van der Waals surface area contributed by atoms with Gasteiger partial charge in [-0.2, -0.15) is 0 Å². The molecule has 1 rings (SSSR count). The first-order valence-corrected chi connectivity index (χ1v) is 15.6. The summed E-state index contributed by atoms with van der Waals surface area (Å²) >= 11 is 0. The molecule has 4 amide bonds. The molecule has 0 saturated heterocycles. The minimum absolute atomic E-state index is 0.212. The summed E-state index contributed by atoms with van der Waals surface area (Å²) in [6.45, 7) is 12.7. The first kappa shape index (κ1) is 38.5. The van der Waals surface area contributed by atoms with Crippen LogP contribution in [-0.4, -0.2) is 71.0 Å². The van der Waals surface area contributed by atoms with Crippen molar-refractivity contribution in [3.05, 3.63) is 35.9 Å². The molecular weight excluding hydrogens is 564 g/mol. The van der Waals surface area contributed by atoms with E-state index in [1.165, 1.54) is 0 Å². The summed E-state index contributed by atoms with van der Waals surface area (Å²) in [7, 11) is 0. The zero-order valence-electron chi connectivity index (χ0n) is 27.3. The summed E-state index contributed by atoms with van der Waals surface area (Å²) < 4.78 is 0. The van der Waals surface area contributed by atoms with Crippen LogP contribution >= 0.6 is 0 Å². The second-order valence-electron chi connectivity index (χ2n) is 12.4. The van der Waals surface area contributed by atoms with Crippen LogP contribution in [-0.2, 0) is 30.4 Å². The fourth-order valence-corrected chi connectivity index (χ4v) is 4.75. The van der Waals surface area contributed by atoms with Gasteiger partial charge in [-0.05, 0) is 42.6 Å². The van der Waals surface area contributed by atoms with Gasteiger partial charge in [-0.15, -0.1) is 0 Å². The number of carbonyl (C=O) groups is 5. The molecule has 1 aromatic rings. The smallest absolute Gasteiger partial charge is 0.326 e. The van der Waals surface area contributed by atoms with Crippen molar-refractivity contribution < 1.29 is 29.1 Å². The van der Waals surface area contributed by atoms with Gasteiger partial charge in [-0.25, -0.2) is 4.79 Å². The monoisotopic (exact) mass is 618 g/mol. The number of carboxylic acids is 1. The molecule has 0 saturated carbocycles. The Morgan fingerprint density at radius 2 is 1.39 bits per heavy atom. The third-order valence-corrected chi connectivity index (χ3v) is 7.71. The molecule has 0 aliphatic rings. The Bertz CT molecular complexity index is 1080. The molecule has 0 spiro atoms. The molecule has 12 heteroatoms. The van der Waals surface area contributed by atoms with Crippen LogP contribution in [0.3, 0.4) is 0 Å². The lowest BCUT2D eigenvalue weighted by Gasteiger charge is -2.29. The topological polar surface area (TPSA) is 206 Å². The normalized spacial score (nSPS) is 16.2. The van der Waals surface area contributed by atoms with E-state index < -0.39 is 65.8 Å². The molecule has 0 bridgehead atoms. The van der Waals surface area contributed by atoms with Gasteiger partial charge in [0.2, 0.25) is 23.6 Å². The average Bonchev–Trinajstić information content (AvgIpc) is 2.95. The van der Waals surface area contributed by atoms with Gasteiger partial charge in [-0.3, -0.25) is 19.2 Å². The van der Waals surface area contributed by atoms with E-state index in [0.717, 1.165) is 5.56 Å². The lowest BCUT2D eigenvalue weighted by Crippen LogP contribution is -2.58. The minimum Gasteiger partial charge on any atom is -0.480 e. The summed E-state index contributed by atoms with van der Waals surface area (Å²) in [5.41, 5.74) is 13.4. The van der Waals surface area contributed by atoms with Crippen LogP contribution < -0.4 is 32.7 Å². The number of carboxylic acid groups (broad SMARTS) is 1. The van der Waals surface area contributed by atoms with E-state index >= 15 is 0 Å². The number of hydrogen-bond donors (Lipinski definition) is 7. The Kier molecular flexibility index (Phi) is 16.6. The van der Waals surface area contributed by atoms with Crippen molar-refractivity contribution in [2.45, 2.75) is 117 Å². The van der Waals surface area contributed by atoms with E-state index in [9.17, 15) is 29.1 Å². The van der Waals surface area contributed by atoms with Crippen molar-refractivity contribution in [3.8, 4) is 0 Å². The maximum atomic E-state index is 13.3. The van der Waals surface area contributed by atoms with Gasteiger partial charge in [-0.1, -0.05) is 85.2 Å². The Labute approximate surface area is 261 Å². The van der Waals surface area contributed by atoms with Crippen molar-refractivity contribution in [3.63, 3.8) is 0 Å². The number of rotatable bonds is 19. The molecular formula is C32H54N6O6. The number of amides is 4. The third kappa shape index (κ3) is 13.0. The van der Waals surface area contributed by atoms with Gasteiger partial charge < -0.3 is 37.8 Å². The molecule has 3 unspecified atom stereocenters. The van der Waals surface area contributed by atoms with Crippen LogP contribution in [0.15, 0.2) is 30.3 Å². The molecule has 1 aromatic carbocycles. The average molecular weight is 619 g/mol. The number of nitrogens with one attached hydrogen (secondary N) is 4. The van der Waals surface area contributed by atoms with Gasteiger partial charge in [0.15, 0.2) is 0 Å². The SMILES string of the molecule is CCC(NC(=O)C(N)CC(C)C)C(=O)N[C@@H](Cc1ccccc1)[C@@H](N)CC(=O)N[C@H](C(=O)NC(C(=O)O)C(C)C)[C@@H](C)CC. The molecule has 12 nitrogen and oxygen atoms in total.